The molecule has 1 aromatic carbocycles. The highest BCUT2D eigenvalue weighted by Crippen LogP contribution is 2.31. The lowest BCUT2D eigenvalue weighted by atomic mass is 10.1. The van der Waals surface area contributed by atoms with Crippen molar-refractivity contribution in [3.63, 3.8) is 0 Å². The first-order valence-corrected chi connectivity index (χ1v) is 6.93. The number of nitrogens with two attached hydrogens (primary N) is 1. The van der Waals surface area contributed by atoms with Gasteiger partial charge in [-0.2, -0.15) is 5.10 Å². The van der Waals surface area contributed by atoms with Gasteiger partial charge < -0.3 is 16.2 Å². The van der Waals surface area contributed by atoms with Crippen LogP contribution in [-0.2, 0) is 0 Å². The third-order valence-electron chi connectivity index (χ3n) is 3.46. The molecule has 5 N–H and O–H groups in total. The lowest BCUT2D eigenvalue weighted by Crippen LogP contribution is -2.19. The molecule has 0 aliphatic heterocycles. The van der Waals surface area contributed by atoms with Crippen LogP contribution in [0.2, 0.25) is 0 Å². The van der Waals surface area contributed by atoms with Crippen LogP contribution in [0.3, 0.4) is 0 Å². The van der Waals surface area contributed by atoms with Crippen LogP contribution in [0, 0.1) is 5.82 Å². The molecular weight excluding hydrogens is 285 g/mol. The normalized spacial score (nSPS) is 12.5. The van der Waals surface area contributed by atoms with Crippen LogP contribution in [0.15, 0.2) is 30.5 Å². The Hall–Kier alpha value is -2.67. The molecule has 1 unspecified atom stereocenters. The number of halogens is 1. The zero-order chi connectivity index (χ0) is 15.7. The van der Waals surface area contributed by atoms with E-state index in [1.165, 1.54) is 0 Å². The Kier molecular flexibility index (Phi) is 3.64. The van der Waals surface area contributed by atoms with Crippen LogP contribution in [0.5, 0.6) is 0 Å². The van der Waals surface area contributed by atoms with Gasteiger partial charge in [0.1, 0.15) is 6.23 Å². The Morgan fingerprint density at radius 1 is 1.41 bits per heavy atom. The van der Waals surface area contributed by atoms with Crippen molar-refractivity contribution in [2.45, 2.75) is 19.6 Å². The Labute approximate surface area is 126 Å². The number of aromatic amines is 1. The zero-order valence-corrected chi connectivity index (χ0v) is 12.0. The predicted molar refractivity (Wildman–Crippen MR) is 83.6 cm³/mol. The summed E-state index contributed by atoms with van der Waals surface area (Å²) in [6.45, 7) is 1.79. The van der Waals surface area contributed by atoms with Crippen molar-refractivity contribution in [1.82, 2.24) is 15.2 Å². The van der Waals surface area contributed by atoms with E-state index in [0.29, 0.717) is 17.3 Å². The van der Waals surface area contributed by atoms with Gasteiger partial charge in [0.15, 0.2) is 11.6 Å². The summed E-state index contributed by atoms with van der Waals surface area (Å²) < 4.78 is 14.2. The largest absolute Gasteiger partial charge is 0.381 e. The second-order valence-electron chi connectivity index (χ2n) is 4.96. The number of H-pyrrole nitrogens is 1. The highest BCUT2D eigenvalue weighted by Gasteiger charge is 2.16. The molecule has 0 aliphatic carbocycles. The maximum Gasteiger partial charge on any atom is 0.188 e. The molecule has 0 spiro atoms. The quantitative estimate of drug-likeness (QED) is 0.555. The number of benzene rings is 1. The fourth-order valence-corrected chi connectivity index (χ4v) is 2.25. The van der Waals surface area contributed by atoms with Crippen molar-refractivity contribution >= 4 is 22.4 Å². The first-order valence-electron chi connectivity index (χ1n) is 6.93. The molecule has 114 valence electrons. The number of anilines is 2. The molecule has 0 saturated carbocycles. The molecule has 0 amide bonds. The summed E-state index contributed by atoms with van der Waals surface area (Å²) >= 11 is 0. The lowest BCUT2D eigenvalue weighted by molar-refractivity contribution is 0.199. The molecular formula is C15H16FN5O. The second-order valence-corrected chi connectivity index (χ2v) is 4.96. The summed E-state index contributed by atoms with van der Waals surface area (Å²) in [5, 5.41) is 19.8. The molecule has 0 bridgehead atoms. The van der Waals surface area contributed by atoms with Crippen LogP contribution >= 0.6 is 0 Å². The van der Waals surface area contributed by atoms with E-state index < -0.39 is 12.0 Å². The van der Waals surface area contributed by atoms with Gasteiger partial charge in [0.05, 0.1) is 16.9 Å². The molecule has 0 radical (unpaired) electrons. The highest BCUT2D eigenvalue weighted by atomic mass is 19.1. The number of rotatable bonds is 4. The van der Waals surface area contributed by atoms with E-state index in [9.17, 15) is 9.50 Å². The number of aromatic nitrogens is 3. The number of pyridine rings is 1. The van der Waals surface area contributed by atoms with E-state index in [1.54, 1.807) is 25.3 Å². The molecule has 0 aliphatic rings. The van der Waals surface area contributed by atoms with Crippen molar-refractivity contribution < 1.29 is 9.50 Å². The van der Waals surface area contributed by atoms with Gasteiger partial charge >= 0.3 is 0 Å². The Morgan fingerprint density at radius 2 is 2.23 bits per heavy atom. The minimum atomic E-state index is -0.855. The molecule has 1 atom stereocenters. The second kappa shape index (κ2) is 5.61. The van der Waals surface area contributed by atoms with Crippen LogP contribution in [0.25, 0.3) is 22.2 Å². The van der Waals surface area contributed by atoms with Crippen LogP contribution < -0.4 is 11.1 Å². The van der Waals surface area contributed by atoms with Gasteiger partial charge in [0.25, 0.3) is 0 Å². The molecule has 0 saturated heterocycles. The molecule has 0 fully saturated rings. The van der Waals surface area contributed by atoms with E-state index in [4.69, 9.17) is 5.73 Å². The minimum absolute atomic E-state index is 0.160. The smallest absolute Gasteiger partial charge is 0.188 e. The third kappa shape index (κ3) is 2.46. The summed E-state index contributed by atoms with van der Waals surface area (Å²) in [6, 6.07) is 7.19. The minimum Gasteiger partial charge on any atom is -0.381 e. The van der Waals surface area contributed by atoms with Crippen LogP contribution in [0.4, 0.5) is 15.9 Å². The molecule has 3 aromatic rings. The van der Waals surface area contributed by atoms with E-state index >= 15 is 0 Å². The van der Waals surface area contributed by atoms with Crippen molar-refractivity contribution in [2.75, 3.05) is 11.1 Å². The topological polar surface area (TPSA) is 99.8 Å². The summed E-state index contributed by atoms with van der Waals surface area (Å²) in [4.78, 5) is 4.09. The molecule has 6 nitrogen and oxygen atoms in total. The van der Waals surface area contributed by atoms with E-state index in [2.05, 4.69) is 20.5 Å². The van der Waals surface area contributed by atoms with Gasteiger partial charge in [-0.25, -0.2) is 9.37 Å². The standard InChI is InChI=1S/C15H16FN5O/c1-2-12(22)20-14-9-4-3-8(10-5-6-18-21-10)7-11(9)19-15(17)13(14)16/h3-7,12,22H,2H2,1H3,(H,18,21)(H3,17,19,20). The maximum atomic E-state index is 14.2. The molecule has 3 rings (SSSR count). The number of fused-ring (bicyclic) bond motifs is 1. The van der Waals surface area contributed by atoms with Gasteiger partial charge in [-0.1, -0.05) is 13.0 Å². The molecule has 2 heterocycles. The highest BCUT2D eigenvalue weighted by molar-refractivity contribution is 5.95. The Balaban J connectivity index is 2.16. The fraction of sp³-hybridized carbons (Fsp3) is 0.200. The number of hydrogen-bond acceptors (Lipinski definition) is 5. The average Bonchev–Trinajstić information content (AvgIpc) is 3.05. The number of aliphatic hydroxyl groups excluding tert-OH is 1. The van der Waals surface area contributed by atoms with E-state index in [-0.39, 0.29) is 11.5 Å². The van der Waals surface area contributed by atoms with Gasteiger partial charge in [0, 0.05) is 17.1 Å². The van der Waals surface area contributed by atoms with E-state index in [0.717, 1.165) is 11.3 Å². The summed E-state index contributed by atoms with van der Waals surface area (Å²) in [5.74, 6) is -0.866. The first-order chi connectivity index (χ1) is 10.6. The van der Waals surface area contributed by atoms with E-state index in [1.807, 2.05) is 12.1 Å². The van der Waals surface area contributed by atoms with Crippen molar-refractivity contribution in [2.24, 2.45) is 0 Å². The SMILES string of the molecule is CCC(O)Nc1c(F)c(N)nc2cc(-c3ccn[nH]3)ccc12. The zero-order valence-electron chi connectivity index (χ0n) is 12.0. The third-order valence-corrected chi connectivity index (χ3v) is 3.46. The van der Waals surface area contributed by atoms with Gasteiger partial charge in [-0.3, -0.25) is 5.10 Å². The monoisotopic (exact) mass is 301 g/mol. The van der Waals surface area contributed by atoms with Gasteiger partial charge in [0.2, 0.25) is 0 Å². The maximum absolute atomic E-state index is 14.2. The average molecular weight is 301 g/mol. The summed E-state index contributed by atoms with van der Waals surface area (Å²) in [7, 11) is 0. The Bertz CT molecular complexity index is 803. The Morgan fingerprint density at radius 3 is 2.91 bits per heavy atom. The number of nitrogen functional groups attached to an aromatic ring is 1. The fourth-order valence-electron chi connectivity index (χ4n) is 2.25. The van der Waals surface area contributed by atoms with Gasteiger partial charge in [-0.05, 0) is 24.6 Å². The number of aliphatic hydroxyl groups is 1. The summed E-state index contributed by atoms with van der Waals surface area (Å²) in [6.07, 6.45) is 1.23. The predicted octanol–water partition coefficient (Wildman–Crippen LogP) is 2.49. The van der Waals surface area contributed by atoms with Gasteiger partial charge in [-0.15, -0.1) is 0 Å². The van der Waals surface area contributed by atoms with Crippen molar-refractivity contribution in [3.8, 4) is 11.3 Å². The molecule has 7 heteroatoms. The van der Waals surface area contributed by atoms with Crippen LogP contribution in [0.1, 0.15) is 13.3 Å². The van der Waals surface area contributed by atoms with Crippen LogP contribution in [-0.4, -0.2) is 26.5 Å². The number of hydrogen-bond donors (Lipinski definition) is 4. The number of nitrogens with zero attached hydrogens (tertiary/aromatic N) is 2. The summed E-state index contributed by atoms with van der Waals surface area (Å²) in [5.41, 5.74) is 8.04. The number of nitrogens with one attached hydrogen (secondary N) is 2. The first kappa shape index (κ1) is 14.3. The lowest BCUT2D eigenvalue weighted by Gasteiger charge is -2.16. The van der Waals surface area contributed by atoms with Crippen molar-refractivity contribution in [1.29, 1.82) is 0 Å². The molecule has 2 aromatic heterocycles. The van der Waals surface area contributed by atoms with Crippen molar-refractivity contribution in [3.05, 3.63) is 36.3 Å². The molecule has 22 heavy (non-hydrogen) atoms.